The number of aryl methyl sites for hydroxylation is 2. The highest BCUT2D eigenvalue weighted by Gasteiger charge is 2.03. The van der Waals surface area contributed by atoms with Crippen molar-refractivity contribution in [3.8, 4) is 5.75 Å². The van der Waals surface area contributed by atoms with Gasteiger partial charge in [-0.1, -0.05) is 47.5 Å². The minimum Gasteiger partial charge on any atom is -0.484 e. The van der Waals surface area contributed by atoms with Crippen molar-refractivity contribution in [1.29, 1.82) is 0 Å². The van der Waals surface area contributed by atoms with E-state index in [1.165, 1.54) is 5.56 Å². The van der Waals surface area contributed by atoms with Crippen LogP contribution in [0.5, 0.6) is 5.75 Å². The molecule has 0 unspecified atom stereocenters. The summed E-state index contributed by atoms with van der Waals surface area (Å²) in [5.41, 5.74) is 6.57. The smallest absolute Gasteiger partial charge is 0.277 e. The molecule has 0 spiro atoms. The third kappa shape index (κ3) is 4.74. The lowest BCUT2D eigenvalue weighted by Gasteiger charge is -2.06. The van der Waals surface area contributed by atoms with E-state index in [2.05, 4.69) is 10.5 Å². The average molecular weight is 296 g/mol. The normalized spacial score (nSPS) is 11.1. The molecule has 2 aromatic rings. The number of amides is 1. The summed E-state index contributed by atoms with van der Waals surface area (Å²) < 4.78 is 5.40. The SMILES string of the molecule is CC(=NNC(=O)COc1ccc(C)cc1)c1ccc(C)cc1. The fraction of sp³-hybridized carbons (Fsp3) is 0.222. The van der Waals surface area contributed by atoms with Gasteiger partial charge < -0.3 is 4.74 Å². The zero-order valence-corrected chi connectivity index (χ0v) is 13.1. The van der Waals surface area contributed by atoms with Crippen LogP contribution in [0, 0.1) is 13.8 Å². The molecule has 0 aliphatic rings. The van der Waals surface area contributed by atoms with Crippen LogP contribution in [0.25, 0.3) is 0 Å². The molecular weight excluding hydrogens is 276 g/mol. The first-order valence-electron chi connectivity index (χ1n) is 7.14. The lowest BCUT2D eigenvalue weighted by Crippen LogP contribution is -2.25. The molecule has 4 nitrogen and oxygen atoms in total. The summed E-state index contributed by atoms with van der Waals surface area (Å²) in [5, 5.41) is 4.09. The van der Waals surface area contributed by atoms with E-state index >= 15 is 0 Å². The fourth-order valence-corrected chi connectivity index (χ4v) is 1.82. The van der Waals surface area contributed by atoms with Crippen LogP contribution in [0.3, 0.4) is 0 Å². The van der Waals surface area contributed by atoms with Gasteiger partial charge in [0.1, 0.15) is 5.75 Å². The van der Waals surface area contributed by atoms with Crippen LogP contribution in [0.15, 0.2) is 53.6 Å². The topological polar surface area (TPSA) is 50.7 Å². The van der Waals surface area contributed by atoms with Gasteiger partial charge in [0.15, 0.2) is 6.61 Å². The second-order valence-corrected chi connectivity index (χ2v) is 5.20. The van der Waals surface area contributed by atoms with E-state index in [0.717, 1.165) is 16.8 Å². The number of hydrazone groups is 1. The monoisotopic (exact) mass is 296 g/mol. The zero-order chi connectivity index (χ0) is 15.9. The van der Waals surface area contributed by atoms with Crippen LogP contribution in [-0.2, 0) is 4.79 Å². The van der Waals surface area contributed by atoms with E-state index in [1.54, 1.807) is 0 Å². The van der Waals surface area contributed by atoms with Crippen LogP contribution >= 0.6 is 0 Å². The summed E-state index contributed by atoms with van der Waals surface area (Å²) in [5.74, 6) is 0.382. The van der Waals surface area contributed by atoms with Gasteiger partial charge in [-0.3, -0.25) is 4.79 Å². The van der Waals surface area contributed by atoms with Gasteiger partial charge in [0.25, 0.3) is 5.91 Å². The maximum absolute atomic E-state index is 11.7. The van der Waals surface area contributed by atoms with Crippen LogP contribution in [0.1, 0.15) is 23.6 Å². The summed E-state index contributed by atoms with van der Waals surface area (Å²) in [7, 11) is 0. The van der Waals surface area contributed by atoms with Crippen molar-refractivity contribution in [2.75, 3.05) is 6.61 Å². The summed E-state index contributed by atoms with van der Waals surface area (Å²) >= 11 is 0. The van der Waals surface area contributed by atoms with Gasteiger partial charge in [0.05, 0.1) is 5.71 Å². The van der Waals surface area contributed by atoms with E-state index in [1.807, 2.05) is 69.3 Å². The van der Waals surface area contributed by atoms with Crippen molar-refractivity contribution in [2.45, 2.75) is 20.8 Å². The predicted molar refractivity (Wildman–Crippen MR) is 88.2 cm³/mol. The van der Waals surface area contributed by atoms with E-state index in [-0.39, 0.29) is 12.5 Å². The number of carbonyl (C=O) groups is 1. The van der Waals surface area contributed by atoms with Crippen molar-refractivity contribution in [1.82, 2.24) is 5.43 Å². The first kappa shape index (κ1) is 15.8. The molecule has 0 radical (unpaired) electrons. The predicted octanol–water partition coefficient (Wildman–Crippen LogP) is 3.22. The number of rotatable bonds is 5. The molecule has 1 N–H and O–H groups in total. The number of nitrogens with one attached hydrogen (secondary N) is 1. The number of hydrogen-bond acceptors (Lipinski definition) is 3. The molecule has 1 amide bonds. The molecule has 0 heterocycles. The Hall–Kier alpha value is -2.62. The van der Waals surface area contributed by atoms with Crippen LogP contribution < -0.4 is 10.2 Å². The summed E-state index contributed by atoms with van der Waals surface area (Å²) in [6.45, 7) is 5.82. The van der Waals surface area contributed by atoms with Crippen molar-refractivity contribution < 1.29 is 9.53 Å². The number of ether oxygens (including phenoxy) is 1. The molecule has 0 saturated heterocycles. The molecule has 0 atom stereocenters. The molecule has 0 aliphatic heterocycles. The molecule has 0 fully saturated rings. The number of hydrogen-bond donors (Lipinski definition) is 1. The van der Waals surface area contributed by atoms with Crippen molar-refractivity contribution in [2.24, 2.45) is 5.10 Å². The molecule has 0 saturated carbocycles. The molecule has 0 aliphatic carbocycles. The van der Waals surface area contributed by atoms with Gasteiger partial charge in [-0.05, 0) is 38.5 Å². The molecule has 22 heavy (non-hydrogen) atoms. The minimum atomic E-state index is -0.285. The lowest BCUT2D eigenvalue weighted by molar-refractivity contribution is -0.123. The summed E-state index contributed by atoms with van der Waals surface area (Å²) in [6, 6.07) is 15.5. The molecule has 2 aromatic carbocycles. The second-order valence-electron chi connectivity index (χ2n) is 5.20. The third-order valence-electron chi connectivity index (χ3n) is 3.21. The van der Waals surface area contributed by atoms with Gasteiger partial charge in [-0.25, -0.2) is 5.43 Å². The van der Waals surface area contributed by atoms with Crippen LogP contribution in [0.4, 0.5) is 0 Å². The molecular formula is C18H20N2O2. The molecule has 114 valence electrons. The van der Waals surface area contributed by atoms with Gasteiger partial charge in [-0.15, -0.1) is 0 Å². The van der Waals surface area contributed by atoms with Crippen molar-refractivity contribution in [3.05, 3.63) is 65.2 Å². The Labute approximate surface area is 130 Å². The van der Waals surface area contributed by atoms with Crippen LogP contribution in [-0.4, -0.2) is 18.2 Å². The highest BCUT2D eigenvalue weighted by molar-refractivity contribution is 5.99. The Bertz CT molecular complexity index is 658. The van der Waals surface area contributed by atoms with Crippen molar-refractivity contribution in [3.63, 3.8) is 0 Å². The first-order valence-corrected chi connectivity index (χ1v) is 7.14. The zero-order valence-electron chi connectivity index (χ0n) is 13.1. The van der Waals surface area contributed by atoms with Gasteiger partial charge in [-0.2, -0.15) is 5.10 Å². The maximum atomic E-state index is 11.7. The number of nitrogens with zero attached hydrogens (tertiary/aromatic N) is 1. The second kappa shape index (κ2) is 7.41. The average Bonchev–Trinajstić information content (AvgIpc) is 2.52. The van der Waals surface area contributed by atoms with Gasteiger partial charge in [0, 0.05) is 0 Å². The van der Waals surface area contributed by atoms with Gasteiger partial charge in [0.2, 0.25) is 0 Å². The van der Waals surface area contributed by atoms with E-state index < -0.39 is 0 Å². The lowest BCUT2D eigenvalue weighted by atomic mass is 10.1. The fourth-order valence-electron chi connectivity index (χ4n) is 1.82. The van der Waals surface area contributed by atoms with Crippen LogP contribution in [0.2, 0.25) is 0 Å². The Morgan fingerprint density at radius 1 is 1.00 bits per heavy atom. The standard InChI is InChI=1S/C18H20N2O2/c1-13-4-8-16(9-5-13)15(3)19-20-18(21)12-22-17-10-6-14(2)7-11-17/h4-11H,12H2,1-3H3,(H,20,21). The molecule has 4 heteroatoms. The van der Waals surface area contributed by atoms with E-state index in [4.69, 9.17) is 4.74 Å². The Balaban J connectivity index is 1.85. The summed E-state index contributed by atoms with van der Waals surface area (Å²) in [6.07, 6.45) is 0. The van der Waals surface area contributed by atoms with Crippen molar-refractivity contribution >= 4 is 11.6 Å². The van der Waals surface area contributed by atoms with E-state index in [9.17, 15) is 4.79 Å². The maximum Gasteiger partial charge on any atom is 0.277 e. The Kier molecular flexibility index (Phi) is 5.31. The van der Waals surface area contributed by atoms with Gasteiger partial charge >= 0.3 is 0 Å². The molecule has 0 bridgehead atoms. The minimum absolute atomic E-state index is 0.0618. The quantitative estimate of drug-likeness (QED) is 0.680. The first-order chi connectivity index (χ1) is 10.5. The Morgan fingerprint density at radius 3 is 2.14 bits per heavy atom. The summed E-state index contributed by atoms with van der Waals surface area (Å²) in [4.78, 5) is 11.7. The number of benzene rings is 2. The highest BCUT2D eigenvalue weighted by atomic mass is 16.5. The highest BCUT2D eigenvalue weighted by Crippen LogP contribution is 2.11. The third-order valence-corrected chi connectivity index (χ3v) is 3.21. The number of carbonyl (C=O) groups excluding carboxylic acids is 1. The van der Waals surface area contributed by atoms with E-state index in [0.29, 0.717) is 5.75 Å². The Morgan fingerprint density at radius 2 is 1.55 bits per heavy atom. The molecule has 2 rings (SSSR count). The molecule has 0 aromatic heterocycles. The largest absolute Gasteiger partial charge is 0.484 e.